The topological polar surface area (TPSA) is 147 Å². The predicted octanol–water partition coefficient (Wildman–Crippen LogP) is 1.64. The first-order valence-electron chi connectivity index (χ1n) is 10.1. The number of carboxylic acids is 1. The number of aliphatic carboxylic acids is 1. The molecule has 0 aliphatic carbocycles. The SMILES string of the molecule is CC.CC(=O)O.CCON(CCC1CC(OC(C)=O)C(OC(C)=O)C(N)O1)OCC. The van der Waals surface area contributed by atoms with E-state index in [-0.39, 0.29) is 6.10 Å². The Morgan fingerprint density at radius 2 is 1.50 bits per heavy atom. The molecule has 178 valence electrons. The summed E-state index contributed by atoms with van der Waals surface area (Å²) in [6.45, 7) is 12.8. The molecule has 3 N–H and O–H groups in total. The Hall–Kier alpha value is -1.79. The number of hydrogen-bond donors (Lipinski definition) is 2. The molecule has 1 heterocycles. The first-order valence-corrected chi connectivity index (χ1v) is 10.1. The molecule has 30 heavy (non-hydrogen) atoms. The summed E-state index contributed by atoms with van der Waals surface area (Å²) in [7, 11) is 0. The molecule has 1 saturated heterocycles. The minimum absolute atomic E-state index is 0.278. The van der Waals surface area contributed by atoms with Crippen molar-refractivity contribution in [2.75, 3.05) is 19.8 Å². The zero-order chi connectivity index (χ0) is 23.7. The van der Waals surface area contributed by atoms with Gasteiger partial charge in [-0.15, -0.1) is 0 Å². The second-order valence-electron chi connectivity index (χ2n) is 5.88. The quantitative estimate of drug-likeness (QED) is 0.400. The highest BCUT2D eigenvalue weighted by molar-refractivity contribution is 5.67. The van der Waals surface area contributed by atoms with E-state index in [0.29, 0.717) is 32.6 Å². The molecule has 0 bridgehead atoms. The average Bonchev–Trinajstić information content (AvgIpc) is 2.63. The largest absolute Gasteiger partial charge is 0.481 e. The van der Waals surface area contributed by atoms with Crippen LogP contribution >= 0.6 is 0 Å². The molecular weight excluding hydrogens is 400 g/mol. The van der Waals surface area contributed by atoms with Gasteiger partial charge in [0.25, 0.3) is 5.97 Å². The van der Waals surface area contributed by atoms with Crippen LogP contribution in [0.4, 0.5) is 0 Å². The third kappa shape index (κ3) is 15.1. The highest BCUT2D eigenvalue weighted by Gasteiger charge is 2.41. The number of nitrogens with zero attached hydrogens (tertiary/aromatic N) is 1. The lowest BCUT2D eigenvalue weighted by atomic mass is 9.99. The van der Waals surface area contributed by atoms with Gasteiger partial charge in [0, 0.05) is 27.2 Å². The summed E-state index contributed by atoms with van der Waals surface area (Å²) in [5, 5.41) is 8.81. The van der Waals surface area contributed by atoms with Gasteiger partial charge in [-0.2, -0.15) is 0 Å². The van der Waals surface area contributed by atoms with Gasteiger partial charge < -0.3 is 25.1 Å². The minimum atomic E-state index is -0.871. The summed E-state index contributed by atoms with van der Waals surface area (Å²) in [6, 6.07) is 0. The van der Waals surface area contributed by atoms with Crippen LogP contribution in [0.15, 0.2) is 0 Å². The Balaban J connectivity index is 0. The van der Waals surface area contributed by atoms with Crippen molar-refractivity contribution in [1.82, 2.24) is 5.23 Å². The van der Waals surface area contributed by atoms with Gasteiger partial charge in [0.15, 0.2) is 6.10 Å². The second-order valence-corrected chi connectivity index (χ2v) is 5.88. The van der Waals surface area contributed by atoms with Crippen LogP contribution in [0.5, 0.6) is 0 Å². The van der Waals surface area contributed by atoms with Crippen molar-refractivity contribution >= 4 is 17.9 Å². The third-order valence-corrected chi connectivity index (χ3v) is 3.33. The fourth-order valence-electron chi connectivity index (χ4n) is 2.51. The Labute approximate surface area is 178 Å². The molecule has 1 fully saturated rings. The zero-order valence-corrected chi connectivity index (χ0v) is 19.1. The molecule has 0 amide bonds. The van der Waals surface area contributed by atoms with Gasteiger partial charge >= 0.3 is 11.9 Å². The molecule has 0 radical (unpaired) electrons. The van der Waals surface area contributed by atoms with Crippen LogP contribution in [0.25, 0.3) is 0 Å². The van der Waals surface area contributed by atoms with Crippen molar-refractivity contribution < 1.29 is 43.4 Å². The van der Waals surface area contributed by atoms with Crippen molar-refractivity contribution in [2.24, 2.45) is 5.73 Å². The van der Waals surface area contributed by atoms with Crippen LogP contribution < -0.4 is 5.73 Å². The molecule has 0 aromatic rings. The van der Waals surface area contributed by atoms with E-state index in [2.05, 4.69) is 0 Å². The van der Waals surface area contributed by atoms with E-state index in [1.54, 1.807) is 0 Å². The minimum Gasteiger partial charge on any atom is -0.481 e. The second kappa shape index (κ2) is 18.0. The van der Waals surface area contributed by atoms with E-state index in [4.69, 9.17) is 39.5 Å². The summed E-state index contributed by atoms with van der Waals surface area (Å²) in [5.41, 5.74) is 5.94. The maximum Gasteiger partial charge on any atom is 0.303 e. The van der Waals surface area contributed by atoms with Gasteiger partial charge in [0.1, 0.15) is 12.3 Å². The van der Waals surface area contributed by atoms with Crippen molar-refractivity contribution in [3.8, 4) is 0 Å². The Morgan fingerprint density at radius 1 is 1.03 bits per heavy atom. The lowest BCUT2D eigenvalue weighted by molar-refractivity contribution is -0.366. The van der Waals surface area contributed by atoms with Gasteiger partial charge in [-0.1, -0.05) is 19.1 Å². The molecule has 1 rings (SSSR count). The van der Waals surface area contributed by atoms with Crippen molar-refractivity contribution in [1.29, 1.82) is 0 Å². The number of rotatable bonds is 9. The standard InChI is InChI=1S/C15H28N2O7.C2H4O2.C2H6/c1-5-20-17(21-6-2)8-7-12-9-13(22-10(3)18)14(15(16)24-12)23-11(4)19;1-2(3)4;1-2/h12-15H,5-9,16H2,1-4H3;1H3,(H,3,4);1-2H3. The van der Waals surface area contributed by atoms with Gasteiger partial charge in [0.05, 0.1) is 25.9 Å². The summed E-state index contributed by atoms with van der Waals surface area (Å²) < 4.78 is 16.1. The zero-order valence-electron chi connectivity index (χ0n) is 19.1. The van der Waals surface area contributed by atoms with Crippen LogP contribution in [0.2, 0.25) is 0 Å². The monoisotopic (exact) mass is 438 g/mol. The van der Waals surface area contributed by atoms with Crippen LogP contribution in [0.1, 0.15) is 61.3 Å². The van der Waals surface area contributed by atoms with Gasteiger partial charge in [-0.05, 0) is 20.3 Å². The summed E-state index contributed by atoms with van der Waals surface area (Å²) in [4.78, 5) is 42.2. The normalized spacial score (nSPS) is 22.7. The number of carbonyl (C=O) groups excluding carboxylic acids is 2. The number of carboxylic acid groups (broad SMARTS) is 1. The van der Waals surface area contributed by atoms with Gasteiger partial charge in [-0.3, -0.25) is 24.1 Å². The predicted molar refractivity (Wildman–Crippen MR) is 108 cm³/mol. The molecule has 0 saturated carbocycles. The molecule has 4 atom stereocenters. The fourth-order valence-corrected chi connectivity index (χ4v) is 2.51. The maximum absolute atomic E-state index is 11.3. The number of nitrogens with two attached hydrogens (primary N) is 1. The molecule has 11 nitrogen and oxygen atoms in total. The van der Waals surface area contributed by atoms with E-state index in [1.165, 1.54) is 19.1 Å². The van der Waals surface area contributed by atoms with Gasteiger partial charge in [-0.25, -0.2) is 0 Å². The van der Waals surface area contributed by atoms with Gasteiger partial charge in [0.2, 0.25) is 0 Å². The van der Waals surface area contributed by atoms with Crippen LogP contribution in [-0.4, -0.2) is 72.5 Å². The first-order chi connectivity index (χ1) is 14.1. The number of esters is 2. The average molecular weight is 439 g/mol. The van der Waals surface area contributed by atoms with Crippen LogP contribution in [0, 0.1) is 0 Å². The van der Waals surface area contributed by atoms with Crippen molar-refractivity contribution in [3.63, 3.8) is 0 Å². The van der Waals surface area contributed by atoms with Crippen LogP contribution in [0.3, 0.4) is 0 Å². The third-order valence-electron chi connectivity index (χ3n) is 3.33. The summed E-state index contributed by atoms with van der Waals surface area (Å²) in [6.07, 6.45) is -1.69. The molecule has 1 aliphatic rings. The molecule has 0 spiro atoms. The van der Waals surface area contributed by atoms with Crippen molar-refractivity contribution in [3.05, 3.63) is 0 Å². The Kier molecular flexibility index (Phi) is 18.3. The number of hydroxylamine groups is 2. The highest BCUT2D eigenvalue weighted by atomic mass is 16.9. The number of carbonyl (C=O) groups is 3. The van der Waals surface area contributed by atoms with E-state index < -0.39 is 36.3 Å². The Bertz CT molecular complexity index is 481. The highest BCUT2D eigenvalue weighted by Crippen LogP contribution is 2.25. The van der Waals surface area contributed by atoms with E-state index in [9.17, 15) is 9.59 Å². The summed E-state index contributed by atoms with van der Waals surface area (Å²) in [5.74, 6) is -1.80. The van der Waals surface area contributed by atoms with E-state index in [0.717, 1.165) is 6.92 Å². The number of hydrogen-bond acceptors (Lipinski definition) is 10. The fraction of sp³-hybridized carbons (Fsp3) is 0.842. The maximum atomic E-state index is 11.3. The lowest BCUT2D eigenvalue weighted by Crippen LogP contribution is -2.55. The first kappa shape index (κ1) is 30.4. The Morgan fingerprint density at radius 3 is 1.90 bits per heavy atom. The molecule has 0 aromatic heterocycles. The van der Waals surface area contributed by atoms with E-state index >= 15 is 0 Å². The lowest BCUT2D eigenvalue weighted by Gasteiger charge is -2.39. The smallest absolute Gasteiger partial charge is 0.303 e. The van der Waals surface area contributed by atoms with E-state index in [1.807, 2.05) is 27.7 Å². The number of ether oxygens (including phenoxy) is 3. The van der Waals surface area contributed by atoms with Crippen molar-refractivity contribution in [2.45, 2.75) is 85.8 Å². The molecule has 1 aliphatic heterocycles. The molecule has 11 heteroatoms. The summed E-state index contributed by atoms with van der Waals surface area (Å²) >= 11 is 0. The van der Waals surface area contributed by atoms with Crippen LogP contribution in [-0.2, 0) is 38.3 Å². The molecule has 4 unspecified atom stereocenters. The molecule has 0 aromatic carbocycles. The molecular formula is C19H38N2O9.